The molecule has 0 radical (unpaired) electrons. The third-order valence-corrected chi connectivity index (χ3v) is 4.12. The molecule has 2 rings (SSSR count). The summed E-state index contributed by atoms with van der Waals surface area (Å²) in [7, 11) is 0. The number of hydrogen-bond acceptors (Lipinski definition) is 5. The van der Waals surface area contributed by atoms with Crippen molar-refractivity contribution < 1.29 is 4.79 Å². The van der Waals surface area contributed by atoms with Gasteiger partial charge in [0.1, 0.15) is 0 Å². The van der Waals surface area contributed by atoms with Crippen LogP contribution in [0.1, 0.15) is 6.92 Å². The number of amides is 1. The summed E-state index contributed by atoms with van der Waals surface area (Å²) < 4.78 is 1.93. The number of carbonyl (C=O) groups is 1. The number of aromatic nitrogens is 4. The summed E-state index contributed by atoms with van der Waals surface area (Å²) in [5.41, 5.74) is 0.921. The van der Waals surface area contributed by atoms with Gasteiger partial charge in [-0.15, -0.1) is 23.4 Å². The molecule has 7 heteroatoms. The molecule has 0 bridgehead atoms. The molecule has 120 valence electrons. The van der Waals surface area contributed by atoms with Crippen LogP contribution in [0.15, 0.2) is 55.0 Å². The summed E-state index contributed by atoms with van der Waals surface area (Å²) in [4.78, 5) is 16.0. The quantitative estimate of drug-likeness (QED) is 0.594. The van der Waals surface area contributed by atoms with Gasteiger partial charge < -0.3 is 5.32 Å². The lowest BCUT2D eigenvalue weighted by molar-refractivity contribution is -0.120. The molecule has 2 heterocycles. The van der Waals surface area contributed by atoms with Gasteiger partial charge >= 0.3 is 0 Å². The lowest BCUT2D eigenvalue weighted by Crippen LogP contribution is -2.31. The minimum absolute atomic E-state index is 0.0616. The van der Waals surface area contributed by atoms with Crippen molar-refractivity contribution in [3.8, 4) is 11.4 Å². The van der Waals surface area contributed by atoms with E-state index in [0.717, 1.165) is 11.4 Å². The lowest BCUT2D eigenvalue weighted by Gasteiger charge is -2.12. The Morgan fingerprint density at radius 3 is 2.74 bits per heavy atom. The molecule has 0 aliphatic rings. The van der Waals surface area contributed by atoms with E-state index in [1.807, 2.05) is 23.6 Å². The van der Waals surface area contributed by atoms with E-state index in [4.69, 9.17) is 0 Å². The summed E-state index contributed by atoms with van der Waals surface area (Å²) in [6.45, 7) is 10.2. The Labute approximate surface area is 139 Å². The minimum atomic E-state index is -0.284. The number of allylic oxidation sites excluding steroid dienone is 1. The van der Waals surface area contributed by atoms with Gasteiger partial charge in [-0.3, -0.25) is 14.3 Å². The van der Waals surface area contributed by atoms with Crippen LogP contribution in [0, 0.1) is 0 Å². The van der Waals surface area contributed by atoms with Crippen molar-refractivity contribution in [3.05, 3.63) is 49.8 Å². The molecule has 6 nitrogen and oxygen atoms in total. The largest absolute Gasteiger partial charge is 0.352 e. The van der Waals surface area contributed by atoms with E-state index in [2.05, 4.69) is 33.7 Å². The van der Waals surface area contributed by atoms with Crippen molar-refractivity contribution in [2.24, 2.45) is 0 Å². The molecule has 0 unspecified atom stereocenters. The highest BCUT2D eigenvalue weighted by Gasteiger charge is 2.19. The molecule has 23 heavy (non-hydrogen) atoms. The van der Waals surface area contributed by atoms with Gasteiger partial charge in [-0.2, -0.15) is 0 Å². The van der Waals surface area contributed by atoms with Crippen molar-refractivity contribution in [3.63, 3.8) is 0 Å². The Kier molecular flexibility index (Phi) is 6.10. The first kappa shape index (κ1) is 17.0. The number of carbonyl (C=O) groups excluding carboxylic acids is 1. The molecule has 2 aromatic heterocycles. The highest BCUT2D eigenvalue weighted by Crippen LogP contribution is 2.26. The predicted octanol–water partition coefficient (Wildman–Crippen LogP) is 2.31. The fraction of sp³-hybridized carbons (Fsp3) is 0.250. The molecular formula is C16H19N5OS. The molecule has 0 saturated carbocycles. The molecule has 0 saturated heterocycles. The second kappa shape index (κ2) is 8.28. The van der Waals surface area contributed by atoms with Crippen LogP contribution in [0.2, 0.25) is 0 Å². The Balaban J connectivity index is 2.22. The predicted molar refractivity (Wildman–Crippen MR) is 92.0 cm³/mol. The maximum Gasteiger partial charge on any atom is 0.233 e. The van der Waals surface area contributed by atoms with E-state index in [-0.39, 0.29) is 11.2 Å². The van der Waals surface area contributed by atoms with Gasteiger partial charge in [0.15, 0.2) is 11.0 Å². The van der Waals surface area contributed by atoms with E-state index in [1.54, 1.807) is 24.5 Å². The van der Waals surface area contributed by atoms with Gasteiger partial charge in [0, 0.05) is 31.0 Å². The molecular weight excluding hydrogens is 310 g/mol. The van der Waals surface area contributed by atoms with Crippen LogP contribution < -0.4 is 5.32 Å². The van der Waals surface area contributed by atoms with Crippen LogP contribution in [-0.4, -0.2) is 37.5 Å². The maximum atomic E-state index is 12.0. The zero-order valence-electron chi connectivity index (χ0n) is 13.0. The monoisotopic (exact) mass is 329 g/mol. The maximum absolute atomic E-state index is 12.0. The van der Waals surface area contributed by atoms with Crippen molar-refractivity contribution >= 4 is 17.7 Å². The number of rotatable bonds is 8. The summed E-state index contributed by atoms with van der Waals surface area (Å²) in [6, 6.07) is 3.75. The zero-order chi connectivity index (χ0) is 16.7. The minimum Gasteiger partial charge on any atom is -0.352 e. The Bertz CT molecular complexity index is 683. The average molecular weight is 329 g/mol. The first-order valence-corrected chi connectivity index (χ1v) is 8.05. The fourth-order valence-corrected chi connectivity index (χ4v) is 2.80. The highest BCUT2D eigenvalue weighted by molar-refractivity contribution is 8.00. The smallest absolute Gasteiger partial charge is 0.233 e. The average Bonchev–Trinajstić information content (AvgIpc) is 2.96. The van der Waals surface area contributed by atoms with Crippen LogP contribution in [0.4, 0.5) is 0 Å². The molecule has 1 amide bonds. The molecule has 0 fully saturated rings. The van der Waals surface area contributed by atoms with Gasteiger partial charge in [-0.1, -0.05) is 23.9 Å². The van der Waals surface area contributed by atoms with Gasteiger partial charge in [-0.05, 0) is 19.1 Å². The van der Waals surface area contributed by atoms with Gasteiger partial charge in [0.25, 0.3) is 0 Å². The standard InChI is InChI=1S/C16H19N5OS/c1-4-8-18-15(22)12(3)23-16-20-19-14(21(16)11-5-2)13-6-9-17-10-7-13/h4-7,9-10,12H,1-2,8,11H2,3H3,(H,18,22)/t12-/m1/s1. The van der Waals surface area contributed by atoms with Gasteiger partial charge in [0.2, 0.25) is 5.91 Å². The highest BCUT2D eigenvalue weighted by atomic mass is 32.2. The number of hydrogen-bond donors (Lipinski definition) is 1. The van der Waals surface area contributed by atoms with Crippen molar-refractivity contribution in [2.75, 3.05) is 6.54 Å². The van der Waals surface area contributed by atoms with Gasteiger partial charge in [0.05, 0.1) is 5.25 Å². The Morgan fingerprint density at radius 2 is 2.09 bits per heavy atom. The van der Waals surface area contributed by atoms with Crippen molar-refractivity contribution in [1.82, 2.24) is 25.1 Å². The molecule has 0 aromatic carbocycles. The topological polar surface area (TPSA) is 72.7 Å². The SMILES string of the molecule is C=CCNC(=O)[C@@H](C)Sc1nnc(-c2ccncc2)n1CC=C. The summed E-state index contributed by atoms with van der Waals surface area (Å²) in [5, 5.41) is 11.6. The summed E-state index contributed by atoms with van der Waals surface area (Å²) in [5.74, 6) is 0.669. The van der Waals surface area contributed by atoms with E-state index >= 15 is 0 Å². The van der Waals surface area contributed by atoms with E-state index in [1.165, 1.54) is 11.8 Å². The number of nitrogens with zero attached hydrogens (tertiary/aromatic N) is 4. The molecule has 0 aliphatic heterocycles. The van der Waals surface area contributed by atoms with Crippen molar-refractivity contribution in [1.29, 1.82) is 0 Å². The Hall–Kier alpha value is -2.41. The van der Waals surface area contributed by atoms with E-state index in [9.17, 15) is 4.79 Å². The van der Waals surface area contributed by atoms with Gasteiger partial charge in [-0.25, -0.2) is 0 Å². The lowest BCUT2D eigenvalue weighted by atomic mass is 10.2. The van der Waals surface area contributed by atoms with E-state index < -0.39 is 0 Å². The van der Waals surface area contributed by atoms with Crippen LogP contribution in [0.25, 0.3) is 11.4 Å². The van der Waals surface area contributed by atoms with Crippen LogP contribution >= 0.6 is 11.8 Å². The molecule has 2 aromatic rings. The second-order valence-corrected chi connectivity index (χ2v) is 6.04. The third kappa shape index (κ3) is 4.29. The fourth-order valence-electron chi connectivity index (χ4n) is 1.91. The third-order valence-electron chi connectivity index (χ3n) is 3.04. The van der Waals surface area contributed by atoms with Crippen molar-refractivity contribution in [2.45, 2.75) is 23.9 Å². The zero-order valence-corrected chi connectivity index (χ0v) is 13.8. The van der Waals surface area contributed by atoms with E-state index in [0.29, 0.717) is 18.2 Å². The first-order chi connectivity index (χ1) is 11.2. The number of nitrogens with one attached hydrogen (secondary N) is 1. The second-order valence-electron chi connectivity index (χ2n) is 4.74. The molecule has 0 spiro atoms. The molecule has 1 N–H and O–H groups in total. The summed E-state index contributed by atoms with van der Waals surface area (Å²) in [6.07, 6.45) is 6.85. The van der Waals surface area contributed by atoms with Crippen LogP contribution in [0.5, 0.6) is 0 Å². The number of pyridine rings is 1. The van der Waals surface area contributed by atoms with Crippen LogP contribution in [0.3, 0.4) is 0 Å². The summed E-state index contributed by atoms with van der Waals surface area (Å²) >= 11 is 1.36. The Morgan fingerprint density at radius 1 is 1.35 bits per heavy atom. The normalized spacial score (nSPS) is 11.7. The first-order valence-electron chi connectivity index (χ1n) is 7.17. The molecule has 1 atom stereocenters. The number of thioether (sulfide) groups is 1. The van der Waals surface area contributed by atoms with Crippen LogP contribution in [-0.2, 0) is 11.3 Å². The molecule has 0 aliphatic carbocycles.